The van der Waals surface area contributed by atoms with Crippen LogP contribution in [0.3, 0.4) is 0 Å². The molecule has 0 spiro atoms. The zero-order valence-corrected chi connectivity index (χ0v) is 27.6. The number of amides is 3. The van der Waals surface area contributed by atoms with Crippen LogP contribution in [0.4, 0.5) is 37.7 Å². The molecule has 0 radical (unpaired) electrons. The molecule has 2 aliphatic carbocycles. The average Bonchev–Trinajstić information content (AvgIpc) is 3.82. The fourth-order valence-corrected chi connectivity index (χ4v) is 11.3. The molecule has 3 amide bonds. The van der Waals surface area contributed by atoms with Crippen LogP contribution in [-0.2, 0) is 26.7 Å². The highest BCUT2D eigenvalue weighted by atomic mass is 32.2. The summed E-state index contributed by atoms with van der Waals surface area (Å²) < 4.78 is 86.5. The van der Waals surface area contributed by atoms with Crippen LogP contribution in [0, 0.1) is 29.6 Å². The van der Waals surface area contributed by atoms with Crippen LogP contribution >= 0.6 is 23.1 Å². The highest BCUT2D eigenvalue weighted by molar-refractivity contribution is 8.00. The Bertz CT molecular complexity index is 2150. The number of para-hydroxylation sites is 1. The number of alkyl halides is 6. The van der Waals surface area contributed by atoms with E-state index in [-0.39, 0.29) is 39.3 Å². The third-order valence-corrected chi connectivity index (χ3v) is 12.8. The van der Waals surface area contributed by atoms with Gasteiger partial charge in [-0.3, -0.25) is 24.1 Å². The lowest BCUT2D eigenvalue weighted by atomic mass is 9.68. The van der Waals surface area contributed by atoms with Crippen molar-refractivity contribution >= 4 is 52.2 Å². The molecule has 2 bridgehead atoms. The lowest BCUT2D eigenvalue weighted by Crippen LogP contribution is -2.42. The van der Waals surface area contributed by atoms with Gasteiger partial charge in [-0.2, -0.15) is 26.3 Å². The Labute approximate surface area is 293 Å². The molecule has 3 aromatic carbocycles. The van der Waals surface area contributed by atoms with E-state index in [9.17, 15) is 45.5 Å². The number of H-pyrrole nitrogens is 1. The van der Waals surface area contributed by atoms with Crippen molar-refractivity contribution in [3.05, 3.63) is 104 Å². The lowest BCUT2D eigenvalue weighted by Gasteiger charge is -2.43. The first kappa shape index (κ1) is 33.6. The molecular weight excluding hydrogens is 721 g/mol. The van der Waals surface area contributed by atoms with Gasteiger partial charge in [0, 0.05) is 16.0 Å². The predicted octanol–water partition coefficient (Wildman–Crippen LogP) is 7.17. The van der Waals surface area contributed by atoms with E-state index in [1.54, 1.807) is 18.2 Å². The minimum atomic E-state index is -4.68. The number of aromatic amines is 1. The molecule has 8 nitrogen and oxygen atoms in total. The van der Waals surface area contributed by atoms with Gasteiger partial charge in [0.15, 0.2) is 6.61 Å². The van der Waals surface area contributed by atoms with Crippen molar-refractivity contribution in [1.29, 1.82) is 0 Å². The summed E-state index contributed by atoms with van der Waals surface area (Å²) in [4.78, 5) is 57.3. The molecule has 4 aliphatic rings. The van der Waals surface area contributed by atoms with E-state index in [0.29, 0.717) is 17.0 Å². The number of hydrogen-bond donors (Lipinski definition) is 2. The third kappa shape index (κ3) is 5.62. The molecule has 1 saturated heterocycles. The number of nitrogens with one attached hydrogen (secondary N) is 2. The monoisotopic (exact) mass is 745 g/mol. The number of aromatic nitrogens is 1. The van der Waals surface area contributed by atoms with Gasteiger partial charge in [-0.05, 0) is 72.2 Å². The minimum Gasteiger partial charge on any atom is -0.484 e. The second-order valence-electron chi connectivity index (χ2n) is 13.0. The van der Waals surface area contributed by atoms with Crippen LogP contribution < -0.4 is 19.8 Å². The predicted molar refractivity (Wildman–Crippen MR) is 174 cm³/mol. The zero-order chi connectivity index (χ0) is 36.0. The fraction of sp³-hybridized carbons (Fsp3) is 0.314. The first-order valence-electron chi connectivity index (χ1n) is 15.8. The Hall–Kier alpha value is -4.57. The first-order valence-corrected chi connectivity index (χ1v) is 17.5. The van der Waals surface area contributed by atoms with Crippen molar-refractivity contribution in [1.82, 2.24) is 4.98 Å². The van der Waals surface area contributed by atoms with Crippen molar-refractivity contribution in [3.8, 4) is 5.75 Å². The summed E-state index contributed by atoms with van der Waals surface area (Å²) in [6.07, 6.45) is -8.79. The zero-order valence-electron chi connectivity index (χ0n) is 26.0. The van der Waals surface area contributed by atoms with E-state index in [4.69, 9.17) is 4.74 Å². The van der Waals surface area contributed by atoms with Gasteiger partial charge in [-0.1, -0.05) is 41.7 Å². The Balaban J connectivity index is 1.07. The Morgan fingerprint density at radius 3 is 2.35 bits per heavy atom. The van der Waals surface area contributed by atoms with Gasteiger partial charge in [-0.25, -0.2) is 0 Å². The standard InChI is InChI=1S/C35H25F6N3O5S2/c36-34(37,38)16-6-4-7-17(12-16)44-31(46)26-19-13-20(27(26)32(44)47)28-25(19)24(29-30(50-28)43-33(48)51-29)15-5-3-8-18(11-15)49-14-23(45)42-22-10-2-1-9-21(22)35(39,40)41/h1-12,19-20,24-28H,13-14H2,(H,42,45)(H,43,48)/t19-,20-,24+,25-,26+,27+,28-/m1/s1. The van der Waals surface area contributed by atoms with Crippen LogP contribution in [0.2, 0.25) is 0 Å². The summed E-state index contributed by atoms with van der Waals surface area (Å²) >= 11 is 2.48. The summed E-state index contributed by atoms with van der Waals surface area (Å²) in [5.41, 5.74) is -1.80. The van der Waals surface area contributed by atoms with E-state index >= 15 is 0 Å². The van der Waals surface area contributed by atoms with Crippen molar-refractivity contribution in [2.24, 2.45) is 29.6 Å². The maximum Gasteiger partial charge on any atom is 0.418 e. The van der Waals surface area contributed by atoms with Crippen LogP contribution in [-0.4, -0.2) is 34.6 Å². The number of benzene rings is 3. The second-order valence-corrected chi connectivity index (χ2v) is 15.2. The molecule has 3 fully saturated rings. The van der Waals surface area contributed by atoms with Gasteiger partial charge >= 0.3 is 17.2 Å². The number of ether oxygens (including phenoxy) is 1. The minimum absolute atomic E-state index is 0.125. The Morgan fingerprint density at radius 1 is 0.882 bits per heavy atom. The number of fused-ring (bicyclic) bond motifs is 9. The van der Waals surface area contributed by atoms with Gasteiger partial charge in [-0.15, -0.1) is 11.8 Å². The number of carbonyl (C=O) groups is 3. The Morgan fingerprint density at radius 2 is 1.61 bits per heavy atom. The van der Waals surface area contributed by atoms with Gasteiger partial charge in [0.25, 0.3) is 5.91 Å². The summed E-state index contributed by atoms with van der Waals surface area (Å²) in [6.45, 7) is -0.596. The smallest absolute Gasteiger partial charge is 0.418 e. The number of rotatable bonds is 6. The Kier molecular flexibility index (Phi) is 7.90. The maximum absolute atomic E-state index is 14.0. The summed E-state index contributed by atoms with van der Waals surface area (Å²) in [7, 11) is 0. The van der Waals surface area contributed by atoms with Crippen molar-refractivity contribution in [3.63, 3.8) is 0 Å². The molecule has 264 valence electrons. The van der Waals surface area contributed by atoms with E-state index in [1.165, 1.54) is 36.0 Å². The number of thiazole rings is 1. The molecule has 8 rings (SSSR count). The number of nitrogens with zero attached hydrogens (tertiary/aromatic N) is 1. The van der Waals surface area contributed by atoms with Crippen molar-refractivity contribution in [2.45, 2.75) is 35.0 Å². The molecule has 1 aromatic heterocycles. The largest absolute Gasteiger partial charge is 0.484 e. The number of carbonyl (C=O) groups excluding carboxylic acids is 3. The van der Waals surface area contributed by atoms with E-state index in [1.807, 2.05) is 6.07 Å². The van der Waals surface area contributed by atoms with Crippen LogP contribution in [0.15, 0.2) is 82.6 Å². The number of imide groups is 1. The third-order valence-electron chi connectivity index (χ3n) is 10.2. The van der Waals surface area contributed by atoms with Crippen LogP contribution in [0.1, 0.15) is 33.9 Å². The molecular formula is C35H25F6N3O5S2. The topological polar surface area (TPSA) is 109 Å². The molecule has 51 heavy (non-hydrogen) atoms. The first-order chi connectivity index (χ1) is 24.2. The highest BCUT2D eigenvalue weighted by Gasteiger charge is 2.69. The van der Waals surface area contributed by atoms with Gasteiger partial charge in [0.05, 0.1) is 39.4 Å². The number of hydrogen-bond acceptors (Lipinski definition) is 7. The number of thioether (sulfide) groups is 1. The maximum atomic E-state index is 14.0. The van der Waals surface area contributed by atoms with E-state index in [2.05, 4.69) is 10.3 Å². The van der Waals surface area contributed by atoms with Gasteiger partial charge in [0.2, 0.25) is 11.8 Å². The van der Waals surface area contributed by atoms with Gasteiger partial charge in [0.1, 0.15) is 5.75 Å². The number of halogens is 6. The fourth-order valence-electron chi connectivity index (χ4n) is 8.44. The molecule has 2 saturated carbocycles. The second kappa shape index (κ2) is 12.0. The van der Waals surface area contributed by atoms with Crippen molar-refractivity contribution in [2.75, 3.05) is 16.8 Å². The van der Waals surface area contributed by atoms with Crippen LogP contribution in [0.25, 0.3) is 0 Å². The lowest BCUT2D eigenvalue weighted by molar-refractivity contribution is -0.138. The van der Waals surface area contributed by atoms with E-state index in [0.717, 1.165) is 45.4 Å². The van der Waals surface area contributed by atoms with Crippen molar-refractivity contribution < 1.29 is 45.5 Å². The molecule has 0 unspecified atom stereocenters. The van der Waals surface area contributed by atoms with Crippen LogP contribution in [0.5, 0.6) is 5.75 Å². The highest BCUT2D eigenvalue weighted by Crippen LogP contribution is 2.68. The molecule has 7 atom stereocenters. The molecule has 3 heterocycles. The molecule has 2 aliphatic heterocycles. The number of anilines is 2. The molecule has 16 heteroatoms. The molecule has 2 N–H and O–H groups in total. The van der Waals surface area contributed by atoms with Gasteiger partial charge < -0.3 is 15.0 Å². The summed E-state index contributed by atoms with van der Waals surface area (Å²) in [5.74, 6) is -4.33. The molecule has 4 aromatic rings. The van der Waals surface area contributed by atoms with E-state index < -0.39 is 71.2 Å². The average molecular weight is 746 g/mol. The normalized spacial score (nSPS) is 26.5. The summed E-state index contributed by atoms with van der Waals surface area (Å²) in [6, 6.07) is 15.5. The summed E-state index contributed by atoms with van der Waals surface area (Å²) in [5, 5.41) is 2.69. The SMILES string of the molecule is O=C(COc1cccc([C@@H]2c3sc(=O)[nH]c3S[C@@H]3[C@@H]4C[C@@H]([C@@H]5C(=O)N(c6cccc(C(F)(F)F)c6)C(=O)[C@@H]45)[C@H]23)c1)Nc1ccccc1C(F)(F)F. The quantitative estimate of drug-likeness (QED) is 0.160.